The normalized spacial score (nSPS) is 12.0. The maximum absolute atomic E-state index is 12.4. The van der Waals surface area contributed by atoms with Crippen molar-refractivity contribution in [1.82, 2.24) is 10.3 Å². The van der Waals surface area contributed by atoms with Crippen molar-refractivity contribution in [2.24, 2.45) is 0 Å². The molecule has 1 unspecified atom stereocenters. The van der Waals surface area contributed by atoms with Crippen LogP contribution in [0.15, 0.2) is 63.6 Å². The topological polar surface area (TPSA) is 55.1 Å². The van der Waals surface area contributed by atoms with Crippen LogP contribution in [0.3, 0.4) is 0 Å². The molecule has 0 aliphatic carbocycles. The Kier molecular flexibility index (Phi) is 6.45. The molecule has 3 aromatic rings. The van der Waals surface area contributed by atoms with Crippen LogP contribution in [0.25, 0.3) is 11.3 Å². The third-order valence-corrected chi connectivity index (χ3v) is 5.00. The molecule has 1 atom stereocenters. The van der Waals surface area contributed by atoms with Gasteiger partial charge in [-0.3, -0.25) is 4.79 Å². The summed E-state index contributed by atoms with van der Waals surface area (Å²) in [4.78, 5) is 16.7. The van der Waals surface area contributed by atoms with E-state index in [9.17, 15) is 4.79 Å². The third-order valence-electron chi connectivity index (χ3n) is 4.47. The SMILES string of the molecule is CCC(NC(=O)CCc1ncc(-c2ccc(C)cc2)o1)c1ccc(Br)cc1. The molecule has 0 radical (unpaired) electrons. The zero-order valence-electron chi connectivity index (χ0n) is 15.5. The number of hydrogen-bond donors (Lipinski definition) is 1. The van der Waals surface area contributed by atoms with E-state index in [1.54, 1.807) is 6.20 Å². The van der Waals surface area contributed by atoms with E-state index >= 15 is 0 Å². The van der Waals surface area contributed by atoms with E-state index in [1.807, 2.05) is 55.5 Å². The van der Waals surface area contributed by atoms with Gasteiger partial charge in [0.15, 0.2) is 11.7 Å². The molecule has 1 aromatic heterocycles. The Hall–Kier alpha value is -2.40. The predicted molar refractivity (Wildman–Crippen MR) is 110 cm³/mol. The van der Waals surface area contributed by atoms with Crippen LogP contribution in [0.1, 0.15) is 42.8 Å². The van der Waals surface area contributed by atoms with Gasteiger partial charge in [-0.1, -0.05) is 64.8 Å². The fourth-order valence-corrected chi connectivity index (χ4v) is 3.14. The minimum Gasteiger partial charge on any atom is -0.441 e. The van der Waals surface area contributed by atoms with Crippen molar-refractivity contribution in [3.05, 3.63) is 76.2 Å². The summed E-state index contributed by atoms with van der Waals surface area (Å²) in [5.74, 6) is 1.31. The van der Waals surface area contributed by atoms with Gasteiger partial charge in [-0.25, -0.2) is 4.98 Å². The Bertz CT molecular complexity index is 885. The van der Waals surface area contributed by atoms with Crippen molar-refractivity contribution < 1.29 is 9.21 Å². The average molecular weight is 427 g/mol. The molecule has 0 spiro atoms. The summed E-state index contributed by atoms with van der Waals surface area (Å²) in [6.45, 7) is 4.11. The van der Waals surface area contributed by atoms with Gasteiger partial charge in [0, 0.05) is 22.9 Å². The molecule has 5 heteroatoms. The van der Waals surface area contributed by atoms with E-state index in [0.717, 1.165) is 27.8 Å². The zero-order valence-corrected chi connectivity index (χ0v) is 17.1. The molecule has 1 amide bonds. The Morgan fingerprint density at radius 3 is 2.52 bits per heavy atom. The Labute approximate surface area is 168 Å². The van der Waals surface area contributed by atoms with Crippen LogP contribution >= 0.6 is 15.9 Å². The molecule has 2 aromatic carbocycles. The molecule has 4 nitrogen and oxygen atoms in total. The Morgan fingerprint density at radius 2 is 1.85 bits per heavy atom. The smallest absolute Gasteiger partial charge is 0.220 e. The number of aromatic nitrogens is 1. The van der Waals surface area contributed by atoms with Crippen molar-refractivity contribution in [1.29, 1.82) is 0 Å². The average Bonchev–Trinajstić information content (AvgIpc) is 3.15. The minimum absolute atomic E-state index is 0.000135. The van der Waals surface area contributed by atoms with Crippen LogP contribution in [-0.2, 0) is 11.2 Å². The van der Waals surface area contributed by atoms with Gasteiger partial charge in [0.2, 0.25) is 5.91 Å². The first-order valence-electron chi connectivity index (χ1n) is 9.11. The van der Waals surface area contributed by atoms with Gasteiger partial charge in [0.25, 0.3) is 0 Å². The van der Waals surface area contributed by atoms with E-state index in [4.69, 9.17) is 4.42 Å². The minimum atomic E-state index is -0.000135. The molecule has 0 aliphatic heterocycles. The van der Waals surface area contributed by atoms with Crippen LogP contribution < -0.4 is 5.32 Å². The number of carbonyl (C=O) groups is 1. The quantitative estimate of drug-likeness (QED) is 0.533. The lowest BCUT2D eigenvalue weighted by Gasteiger charge is -2.17. The fourth-order valence-electron chi connectivity index (χ4n) is 2.88. The number of oxazole rings is 1. The number of amides is 1. The van der Waals surface area contributed by atoms with Gasteiger partial charge < -0.3 is 9.73 Å². The highest BCUT2D eigenvalue weighted by Crippen LogP contribution is 2.22. The third kappa shape index (κ3) is 5.30. The zero-order chi connectivity index (χ0) is 19.2. The van der Waals surface area contributed by atoms with E-state index in [1.165, 1.54) is 5.56 Å². The monoisotopic (exact) mass is 426 g/mol. The number of benzene rings is 2. The molecule has 3 rings (SSSR count). The molecule has 0 aliphatic rings. The van der Waals surface area contributed by atoms with Gasteiger partial charge in [0.1, 0.15) is 0 Å². The highest BCUT2D eigenvalue weighted by Gasteiger charge is 2.14. The maximum Gasteiger partial charge on any atom is 0.220 e. The lowest BCUT2D eigenvalue weighted by atomic mass is 10.0. The van der Waals surface area contributed by atoms with E-state index in [-0.39, 0.29) is 11.9 Å². The number of nitrogens with zero attached hydrogens (tertiary/aromatic N) is 1. The standard InChI is InChI=1S/C22H23BrN2O2/c1-3-19(16-8-10-18(23)11-9-16)25-21(26)12-13-22-24-14-20(27-22)17-6-4-15(2)5-7-17/h4-11,14,19H,3,12-13H2,1-2H3,(H,25,26). The molecule has 0 bridgehead atoms. The van der Waals surface area contributed by atoms with Gasteiger partial charge in [-0.2, -0.15) is 0 Å². The summed E-state index contributed by atoms with van der Waals surface area (Å²) in [6, 6.07) is 16.1. The molecular weight excluding hydrogens is 404 g/mol. The fraction of sp³-hybridized carbons (Fsp3) is 0.273. The molecule has 27 heavy (non-hydrogen) atoms. The van der Waals surface area contributed by atoms with Crippen LogP contribution in [0.2, 0.25) is 0 Å². The largest absolute Gasteiger partial charge is 0.441 e. The summed E-state index contributed by atoms with van der Waals surface area (Å²) in [7, 11) is 0. The van der Waals surface area contributed by atoms with Crippen molar-refractivity contribution in [2.45, 2.75) is 39.2 Å². The molecule has 140 valence electrons. The van der Waals surface area contributed by atoms with Crippen molar-refractivity contribution in [3.8, 4) is 11.3 Å². The first kappa shape index (κ1) is 19.4. The highest BCUT2D eigenvalue weighted by atomic mass is 79.9. The van der Waals surface area contributed by atoms with Crippen LogP contribution in [0, 0.1) is 6.92 Å². The van der Waals surface area contributed by atoms with E-state index in [2.05, 4.69) is 33.2 Å². The summed E-state index contributed by atoms with van der Waals surface area (Å²) in [5.41, 5.74) is 3.29. The van der Waals surface area contributed by atoms with Gasteiger partial charge in [0.05, 0.1) is 12.2 Å². The second-order valence-electron chi connectivity index (χ2n) is 6.56. The summed E-state index contributed by atoms with van der Waals surface area (Å²) in [6.07, 6.45) is 3.38. The Morgan fingerprint density at radius 1 is 1.15 bits per heavy atom. The number of aryl methyl sites for hydroxylation is 2. The van der Waals surface area contributed by atoms with Crippen LogP contribution in [-0.4, -0.2) is 10.9 Å². The number of rotatable bonds is 7. The summed E-state index contributed by atoms with van der Waals surface area (Å²) >= 11 is 3.44. The molecular formula is C22H23BrN2O2. The number of hydrogen-bond acceptors (Lipinski definition) is 3. The van der Waals surface area contributed by atoms with E-state index < -0.39 is 0 Å². The first-order chi connectivity index (χ1) is 13.0. The van der Waals surface area contributed by atoms with Crippen LogP contribution in [0.4, 0.5) is 0 Å². The molecule has 0 saturated carbocycles. The number of carbonyl (C=O) groups excluding carboxylic acids is 1. The second-order valence-corrected chi connectivity index (χ2v) is 7.48. The van der Waals surface area contributed by atoms with Gasteiger partial charge >= 0.3 is 0 Å². The number of nitrogens with one attached hydrogen (secondary N) is 1. The lowest BCUT2D eigenvalue weighted by molar-refractivity contribution is -0.121. The van der Waals surface area contributed by atoms with Gasteiger partial charge in [-0.15, -0.1) is 0 Å². The van der Waals surface area contributed by atoms with Crippen molar-refractivity contribution >= 4 is 21.8 Å². The van der Waals surface area contributed by atoms with Crippen molar-refractivity contribution in [2.75, 3.05) is 0 Å². The summed E-state index contributed by atoms with van der Waals surface area (Å²) in [5, 5.41) is 3.09. The molecule has 1 N–H and O–H groups in total. The first-order valence-corrected chi connectivity index (χ1v) is 9.91. The highest BCUT2D eigenvalue weighted by molar-refractivity contribution is 9.10. The van der Waals surface area contributed by atoms with Gasteiger partial charge in [-0.05, 0) is 31.0 Å². The maximum atomic E-state index is 12.4. The van der Waals surface area contributed by atoms with E-state index in [0.29, 0.717) is 18.7 Å². The summed E-state index contributed by atoms with van der Waals surface area (Å²) < 4.78 is 6.82. The molecule has 1 heterocycles. The van der Waals surface area contributed by atoms with Crippen molar-refractivity contribution in [3.63, 3.8) is 0 Å². The number of halogens is 1. The Balaban J connectivity index is 1.55. The molecule has 0 fully saturated rings. The lowest BCUT2D eigenvalue weighted by Crippen LogP contribution is -2.28. The van der Waals surface area contributed by atoms with Crippen LogP contribution in [0.5, 0.6) is 0 Å². The second kappa shape index (κ2) is 9.00. The predicted octanol–water partition coefficient (Wildman–Crippen LogP) is 5.61. The molecule has 0 saturated heterocycles.